The van der Waals surface area contributed by atoms with Crippen molar-refractivity contribution >= 4 is 40.3 Å². The largest absolute Gasteiger partial charge is 0.387 e. The summed E-state index contributed by atoms with van der Waals surface area (Å²) >= 11 is 0. The summed E-state index contributed by atoms with van der Waals surface area (Å²) in [4.78, 5) is 46.6. The smallest absolute Gasteiger partial charge is 0.260 e. The third kappa shape index (κ3) is 5.27. The van der Waals surface area contributed by atoms with Crippen molar-refractivity contribution in [2.75, 3.05) is 27.2 Å². The highest BCUT2D eigenvalue weighted by Crippen LogP contribution is 2.33. The number of aryl methyl sites for hydroxylation is 1. The van der Waals surface area contributed by atoms with Crippen LogP contribution in [-0.2, 0) is 23.2 Å². The zero-order valence-corrected chi connectivity index (χ0v) is 22.8. The number of likely N-dealkylation sites (N-methyl/N-ethyl adjacent to an activating group) is 1. The molecule has 200 valence electrons. The molecule has 9 heteroatoms. The maximum atomic E-state index is 13.3. The average molecular weight is 517 g/mol. The van der Waals surface area contributed by atoms with Crippen LogP contribution in [0.15, 0.2) is 51.9 Å². The average Bonchev–Trinajstić information content (AvgIpc) is 3.12. The summed E-state index contributed by atoms with van der Waals surface area (Å²) in [5.41, 5.74) is 10.7. The number of carbonyl (C=O) groups excluding carboxylic acids is 2. The van der Waals surface area contributed by atoms with E-state index in [4.69, 9.17) is 5.73 Å². The van der Waals surface area contributed by atoms with Gasteiger partial charge >= 0.3 is 0 Å². The number of hydrogen-bond donors (Lipinski definition) is 1. The predicted molar refractivity (Wildman–Crippen MR) is 152 cm³/mol. The lowest BCUT2D eigenvalue weighted by Crippen LogP contribution is -2.34. The number of amidine groups is 1. The van der Waals surface area contributed by atoms with Gasteiger partial charge in [0.2, 0.25) is 11.8 Å². The molecule has 0 unspecified atom stereocenters. The quantitative estimate of drug-likeness (QED) is 0.494. The zero-order valence-electron chi connectivity index (χ0n) is 22.8. The van der Waals surface area contributed by atoms with Gasteiger partial charge in [0, 0.05) is 69.2 Å². The molecule has 1 aliphatic heterocycles. The monoisotopic (exact) mass is 516 g/mol. The lowest BCUT2D eigenvalue weighted by molar-refractivity contribution is -0.129. The summed E-state index contributed by atoms with van der Waals surface area (Å²) in [5.74, 6) is 0.239. The molecule has 0 spiro atoms. The SMILES string of the molecule is CCCN(CCC)C(=O)C1=Cc2ccc(-c3cc4c(=O)n(CC(=O)N(C)C)ccc4n3C)cc2N=C(N)C1. The number of amides is 2. The number of rotatable bonds is 8. The Bertz CT molecular complexity index is 1500. The highest BCUT2D eigenvalue weighted by atomic mass is 16.2. The van der Waals surface area contributed by atoms with Crippen LogP contribution < -0.4 is 11.3 Å². The van der Waals surface area contributed by atoms with Crippen molar-refractivity contribution in [3.05, 3.63) is 58.0 Å². The molecule has 0 saturated carbocycles. The molecule has 2 amide bonds. The van der Waals surface area contributed by atoms with Crippen LogP contribution in [-0.4, -0.2) is 63.8 Å². The van der Waals surface area contributed by atoms with Crippen LogP contribution in [0.25, 0.3) is 28.2 Å². The maximum Gasteiger partial charge on any atom is 0.260 e. The molecule has 1 aliphatic rings. The minimum atomic E-state index is -0.216. The van der Waals surface area contributed by atoms with E-state index in [2.05, 4.69) is 18.8 Å². The van der Waals surface area contributed by atoms with Crippen molar-refractivity contribution in [2.24, 2.45) is 17.8 Å². The second kappa shape index (κ2) is 11.1. The number of hydrogen-bond acceptors (Lipinski definition) is 5. The minimum absolute atomic E-state index is 0.00138. The van der Waals surface area contributed by atoms with Crippen molar-refractivity contribution in [2.45, 2.75) is 39.7 Å². The maximum absolute atomic E-state index is 13.3. The Morgan fingerprint density at radius 2 is 1.79 bits per heavy atom. The molecule has 0 bridgehead atoms. The Balaban J connectivity index is 1.73. The van der Waals surface area contributed by atoms with E-state index >= 15 is 0 Å². The topological polar surface area (TPSA) is 106 Å². The Labute approximate surface area is 222 Å². The molecule has 0 radical (unpaired) electrons. The molecule has 4 rings (SSSR count). The van der Waals surface area contributed by atoms with Crippen molar-refractivity contribution in [1.29, 1.82) is 0 Å². The number of nitrogens with zero attached hydrogens (tertiary/aromatic N) is 5. The fourth-order valence-electron chi connectivity index (χ4n) is 4.81. The van der Waals surface area contributed by atoms with Gasteiger partial charge in [-0.3, -0.25) is 14.4 Å². The molecule has 0 aliphatic carbocycles. The van der Waals surface area contributed by atoms with E-state index < -0.39 is 0 Å². The first-order valence-corrected chi connectivity index (χ1v) is 13.0. The van der Waals surface area contributed by atoms with Gasteiger partial charge in [0.1, 0.15) is 12.4 Å². The predicted octanol–water partition coefficient (Wildman–Crippen LogP) is 3.52. The second-order valence-electron chi connectivity index (χ2n) is 9.94. The zero-order chi connectivity index (χ0) is 27.6. The van der Waals surface area contributed by atoms with Gasteiger partial charge in [0.25, 0.3) is 5.56 Å². The molecule has 38 heavy (non-hydrogen) atoms. The number of pyridine rings is 1. The van der Waals surface area contributed by atoms with Gasteiger partial charge in [-0.25, -0.2) is 4.99 Å². The second-order valence-corrected chi connectivity index (χ2v) is 9.94. The standard InChI is InChI=1S/C29H36N6O3/c1-6-11-34(12-7-2)28(37)21-14-19-8-9-20(15-23(19)31-26(30)16-21)25-17-22-24(33(25)5)10-13-35(29(22)38)18-27(36)32(3)4/h8-10,13-15,17H,6-7,11-12,16,18H2,1-5H3,(H2,30,31). The van der Waals surface area contributed by atoms with E-state index in [0.717, 1.165) is 35.2 Å². The minimum Gasteiger partial charge on any atom is -0.387 e. The van der Waals surface area contributed by atoms with Gasteiger partial charge in [0.05, 0.1) is 16.6 Å². The van der Waals surface area contributed by atoms with Crippen molar-refractivity contribution < 1.29 is 9.59 Å². The highest BCUT2D eigenvalue weighted by Gasteiger charge is 2.21. The first-order valence-electron chi connectivity index (χ1n) is 13.0. The van der Waals surface area contributed by atoms with Crippen LogP contribution >= 0.6 is 0 Å². The molecule has 0 fully saturated rings. The van der Waals surface area contributed by atoms with E-state index in [1.54, 1.807) is 20.3 Å². The number of aliphatic imine (C=N–C) groups is 1. The van der Waals surface area contributed by atoms with Crippen LogP contribution in [0.3, 0.4) is 0 Å². The molecule has 0 saturated heterocycles. The van der Waals surface area contributed by atoms with Crippen LogP contribution in [0, 0.1) is 0 Å². The van der Waals surface area contributed by atoms with Gasteiger partial charge < -0.3 is 24.7 Å². The molecular formula is C29H36N6O3. The molecule has 3 aromatic rings. The molecule has 9 nitrogen and oxygen atoms in total. The summed E-state index contributed by atoms with van der Waals surface area (Å²) in [6, 6.07) is 9.53. The number of fused-ring (bicyclic) bond motifs is 2. The van der Waals surface area contributed by atoms with Gasteiger partial charge in [-0.15, -0.1) is 0 Å². The number of aromatic nitrogens is 2. The summed E-state index contributed by atoms with van der Waals surface area (Å²) in [5, 5.41) is 0.536. The fraction of sp³-hybridized carbons (Fsp3) is 0.379. The third-order valence-corrected chi connectivity index (χ3v) is 6.83. The third-order valence-electron chi connectivity index (χ3n) is 6.83. The van der Waals surface area contributed by atoms with E-state index in [1.807, 2.05) is 52.9 Å². The lowest BCUT2D eigenvalue weighted by Gasteiger charge is -2.22. The van der Waals surface area contributed by atoms with Gasteiger partial charge in [0.15, 0.2) is 0 Å². The summed E-state index contributed by atoms with van der Waals surface area (Å²) in [6.07, 6.45) is 5.63. The fourth-order valence-corrected chi connectivity index (χ4v) is 4.81. The van der Waals surface area contributed by atoms with E-state index in [-0.39, 0.29) is 23.9 Å². The molecule has 1 aromatic carbocycles. The van der Waals surface area contributed by atoms with Crippen molar-refractivity contribution in [1.82, 2.24) is 18.9 Å². The van der Waals surface area contributed by atoms with Crippen molar-refractivity contribution in [3.63, 3.8) is 0 Å². The first kappa shape index (κ1) is 26.9. The van der Waals surface area contributed by atoms with Gasteiger partial charge in [-0.05, 0) is 37.1 Å². The molecule has 2 N–H and O–H groups in total. The van der Waals surface area contributed by atoms with Crippen LogP contribution in [0.1, 0.15) is 38.7 Å². The lowest BCUT2D eigenvalue weighted by atomic mass is 10.0. The molecule has 0 atom stereocenters. The van der Waals surface area contributed by atoms with E-state index in [0.29, 0.717) is 42.0 Å². The molecule has 2 aromatic heterocycles. The summed E-state index contributed by atoms with van der Waals surface area (Å²) in [7, 11) is 5.24. The Hall–Kier alpha value is -4.14. The summed E-state index contributed by atoms with van der Waals surface area (Å²) in [6.45, 7) is 5.53. The Morgan fingerprint density at radius 1 is 1.08 bits per heavy atom. The normalized spacial score (nSPS) is 13.0. The Morgan fingerprint density at radius 3 is 2.45 bits per heavy atom. The van der Waals surface area contributed by atoms with Crippen LogP contribution in [0.2, 0.25) is 0 Å². The van der Waals surface area contributed by atoms with Gasteiger partial charge in [-0.2, -0.15) is 0 Å². The number of nitrogens with two attached hydrogens (primary N) is 1. The Kier molecular flexibility index (Phi) is 7.85. The highest BCUT2D eigenvalue weighted by molar-refractivity contribution is 6.05. The van der Waals surface area contributed by atoms with Crippen molar-refractivity contribution in [3.8, 4) is 11.3 Å². The number of carbonyl (C=O) groups is 2. The number of benzene rings is 1. The van der Waals surface area contributed by atoms with Crippen LogP contribution in [0.5, 0.6) is 0 Å². The van der Waals surface area contributed by atoms with E-state index in [9.17, 15) is 14.4 Å². The summed E-state index contributed by atoms with van der Waals surface area (Å²) < 4.78 is 3.39. The van der Waals surface area contributed by atoms with Gasteiger partial charge in [-0.1, -0.05) is 26.0 Å². The van der Waals surface area contributed by atoms with E-state index in [1.165, 1.54) is 9.47 Å². The van der Waals surface area contributed by atoms with Crippen LogP contribution in [0.4, 0.5) is 5.69 Å². The molecular weight excluding hydrogens is 480 g/mol. The molecule has 3 heterocycles. The first-order chi connectivity index (χ1) is 18.1.